The average Bonchev–Trinajstić information content (AvgIpc) is 3.35. The first-order valence-corrected chi connectivity index (χ1v) is 12.7. The summed E-state index contributed by atoms with van der Waals surface area (Å²) in [5, 5.41) is 5.01. The molecule has 0 amide bonds. The van der Waals surface area contributed by atoms with Crippen molar-refractivity contribution in [1.29, 1.82) is 0 Å². The van der Waals surface area contributed by atoms with Crippen molar-refractivity contribution >= 4 is 34.6 Å². The maximum Gasteiger partial charge on any atom is 0.174 e. The molecule has 5 rings (SSSR count). The molecule has 0 unspecified atom stereocenters. The molecule has 2 aromatic carbocycles. The van der Waals surface area contributed by atoms with Gasteiger partial charge >= 0.3 is 0 Å². The van der Waals surface area contributed by atoms with Gasteiger partial charge in [-0.3, -0.25) is 4.98 Å². The van der Waals surface area contributed by atoms with Crippen molar-refractivity contribution < 1.29 is 0 Å². The van der Waals surface area contributed by atoms with Crippen LogP contribution in [0.15, 0.2) is 79.0 Å². The molecule has 0 saturated carbocycles. The van der Waals surface area contributed by atoms with E-state index in [4.69, 9.17) is 28.8 Å². The fourth-order valence-electron chi connectivity index (χ4n) is 5.04. The summed E-state index contributed by atoms with van der Waals surface area (Å²) >= 11 is 12.1. The van der Waals surface area contributed by atoms with Crippen molar-refractivity contribution in [2.45, 2.75) is 45.7 Å². The van der Waals surface area contributed by atoms with E-state index in [2.05, 4.69) is 91.0 Å². The maximum atomic E-state index is 6.16. The molecule has 4 aromatic rings. The Morgan fingerprint density at radius 1 is 0.943 bits per heavy atom. The highest BCUT2D eigenvalue weighted by Crippen LogP contribution is 2.44. The fourth-order valence-corrected chi connectivity index (χ4v) is 5.52. The third-order valence-corrected chi connectivity index (χ3v) is 7.38. The Morgan fingerprint density at radius 3 is 2.26 bits per heavy atom. The molecule has 1 fully saturated rings. The Kier molecular flexibility index (Phi) is 6.39. The summed E-state index contributed by atoms with van der Waals surface area (Å²) in [7, 11) is 0. The first-order chi connectivity index (χ1) is 16.8. The van der Waals surface area contributed by atoms with E-state index in [1.807, 2.05) is 30.5 Å². The highest BCUT2D eigenvalue weighted by atomic mass is 35.5. The van der Waals surface area contributed by atoms with E-state index in [0.29, 0.717) is 11.0 Å². The monoisotopic (exact) mass is 500 g/mol. The number of hydrogen-bond acceptors (Lipinski definition) is 2. The number of hydrogen-bond donors (Lipinski definition) is 1. The Hall–Kier alpha value is -3.15. The number of pyridine rings is 1. The number of halogens is 1. The minimum absolute atomic E-state index is 0.0467. The molecule has 1 aliphatic rings. The number of benzene rings is 2. The number of anilines is 1. The summed E-state index contributed by atoms with van der Waals surface area (Å²) in [6.45, 7) is 8.74. The van der Waals surface area contributed by atoms with Crippen molar-refractivity contribution in [3.8, 4) is 5.69 Å². The highest BCUT2D eigenvalue weighted by molar-refractivity contribution is 7.80. The zero-order valence-corrected chi connectivity index (χ0v) is 21.9. The molecule has 4 nitrogen and oxygen atoms in total. The van der Waals surface area contributed by atoms with Crippen molar-refractivity contribution in [3.05, 3.63) is 112 Å². The summed E-state index contributed by atoms with van der Waals surface area (Å²) < 4.78 is 2.28. The first-order valence-electron chi connectivity index (χ1n) is 11.9. The van der Waals surface area contributed by atoms with Gasteiger partial charge in [0.1, 0.15) is 0 Å². The van der Waals surface area contributed by atoms with Crippen LogP contribution in [0.1, 0.15) is 60.1 Å². The molecular weight excluding hydrogens is 472 g/mol. The summed E-state index contributed by atoms with van der Waals surface area (Å²) in [6.07, 6.45) is 1.84. The first kappa shape index (κ1) is 23.6. The van der Waals surface area contributed by atoms with Gasteiger partial charge in [0.05, 0.1) is 17.8 Å². The van der Waals surface area contributed by atoms with Crippen molar-refractivity contribution in [2.24, 2.45) is 0 Å². The van der Waals surface area contributed by atoms with Crippen LogP contribution in [0.2, 0.25) is 5.02 Å². The number of nitrogens with one attached hydrogen (secondary N) is 1. The zero-order valence-electron chi connectivity index (χ0n) is 20.4. The van der Waals surface area contributed by atoms with Crippen molar-refractivity contribution in [1.82, 2.24) is 14.9 Å². The number of thiocarbonyl (C=S) groups is 1. The van der Waals surface area contributed by atoms with Crippen LogP contribution in [0.5, 0.6) is 0 Å². The zero-order chi connectivity index (χ0) is 24.7. The lowest BCUT2D eigenvalue weighted by molar-refractivity contribution is 0.565. The Balaban J connectivity index is 1.65. The molecule has 178 valence electrons. The number of aryl methyl sites for hydroxylation is 1. The van der Waals surface area contributed by atoms with E-state index < -0.39 is 0 Å². The molecule has 0 radical (unpaired) electrons. The lowest BCUT2D eigenvalue weighted by atomic mass is 9.96. The van der Waals surface area contributed by atoms with E-state index in [-0.39, 0.29) is 12.1 Å². The molecule has 0 aliphatic carbocycles. The molecule has 0 bridgehead atoms. The molecule has 3 heterocycles. The van der Waals surface area contributed by atoms with Gasteiger partial charge in [-0.15, -0.1) is 0 Å². The van der Waals surface area contributed by atoms with Crippen LogP contribution in [-0.2, 0) is 0 Å². The van der Waals surface area contributed by atoms with Gasteiger partial charge < -0.3 is 14.8 Å². The topological polar surface area (TPSA) is 33.1 Å². The molecule has 35 heavy (non-hydrogen) atoms. The summed E-state index contributed by atoms with van der Waals surface area (Å²) in [6, 6.07) is 24.9. The van der Waals surface area contributed by atoms with Gasteiger partial charge in [0, 0.05) is 34.0 Å². The molecule has 6 heteroatoms. The predicted octanol–water partition coefficient (Wildman–Crippen LogP) is 7.44. The largest absolute Gasteiger partial charge is 0.351 e. The van der Waals surface area contributed by atoms with Crippen LogP contribution in [-0.4, -0.2) is 14.7 Å². The Bertz CT molecular complexity index is 1340. The van der Waals surface area contributed by atoms with E-state index in [9.17, 15) is 0 Å². The predicted molar refractivity (Wildman–Crippen MR) is 149 cm³/mol. The third-order valence-electron chi connectivity index (χ3n) is 6.81. The summed E-state index contributed by atoms with van der Waals surface area (Å²) in [5.74, 6) is 0.475. The van der Waals surface area contributed by atoms with Crippen molar-refractivity contribution in [2.75, 3.05) is 4.90 Å². The van der Waals surface area contributed by atoms with Crippen LogP contribution < -0.4 is 10.2 Å². The number of aromatic nitrogens is 2. The Morgan fingerprint density at radius 2 is 1.63 bits per heavy atom. The van der Waals surface area contributed by atoms with Gasteiger partial charge in [-0.05, 0) is 97.7 Å². The maximum absolute atomic E-state index is 6.16. The van der Waals surface area contributed by atoms with Crippen LogP contribution in [0, 0.1) is 13.8 Å². The van der Waals surface area contributed by atoms with Gasteiger partial charge in [-0.1, -0.05) is 43.6 Å². The number of rotatable bonds is 5. The summed E-state index contributed by atoms with van der Waals surface area (Å²) in [4.78, 5) is 6.94. The van der Waals surface area contributed by atoms with Gasteiger partial charge in [-0.25, -0.2) is 0 Å². The Labute approximate surface area is 217 Å². The third kappa shape index (κ3) is 4.35. The molecule has 0 spiro atoms. The molecule has 1 aliphatic heterocycles. The molecule has 1 saturated heterocycles. The SMILES string of the molecule is Cc1cc([C@H]2[C@@H](c3ccccn3)NC(=S)N2c2ccc(C(C)C)cc2)c(C)n1-c1ccc(Cl)cc1. The fraction of sp³-hybridized carbons (Fsp3) is 0.241. The number of nitrogens with zero attached hydrogens (tertiary/aromatic N) is 3. The van der Waals surface area contributed by atoms with Crippen LogP contribution in [0.4, 0.5) is 5.69 Å². The van der Waals surface area contributed by atoms with Gasteiger partial charge in [0.25, 0.3) is 0 Å². The lowest BCUT2D eigenvalue weighted by Gasteiger charge is -2.28. The smallest absolute Gasteiger partial charge is 0.174 e. The van der Waals surface area contributed by atoms with Crippen LogP contribution >= 0.6 is 23.8 Å². The van der Waals surface area contributed by atoms with Gasteiger partial charge in [-0.2, -0.15) is 0 Å². The van der Waals surface area contributed by atoms with E-state index in [0.717, 1.165) is 27.8 Å². The molecular formula is C29H29ClN4S. The summed E-state index contributed by atoms with van der Waals surface area (Å²) in [5.41, 5.74) is 7.99. The molecule has 2 aromatic heterocycles. The second-order valence-corrected chi connectivity index (χ2v) is 10.2. The molecule has 1 N–H and O–H groups in total. The quantitative estimate of drug-likeness (QED) is 0.288. The molecule has 2 atom stereocenters. The second kappa shape index (κ2) is 9.48. The van der Waals surface area contributed by atoms with E-state index in [1.54, 1.807) is 0 Å². The second-order valence-electron chi connectivity index (χ2n) is 9.38. The van der Waals surface area contributed by atoms with E-state index >= 15 is 0 Å². The average molecular weight is 501 g/mol. The minimum Gasteiger partial charge on any atom is -0.351 e. The van der Waals surface area contributed by atoms with Gasteiger partial charge in [0.2, 0.25) is 0 Å². The van der Waals surface area contributed by atoms with E-state index in [1.165, 1.54) is 16.8 Å². The lowest BCUT2D eigenvalue weighted by Crippen LogP contribution is -2.29. The van der Waals surface area contributed by atoms with Gasteiger partial charge in [0.15, 0.2) is 5.11 Å². The van der Waals surface area contributed by atoms with Crippen LogP contribution in [0.25, 0.3) is 5.69 Å². The highest BCUT2D eigenvalue weighted by Gasteiger charge is 2.42. The minimum atomic E-state index is -0.0763. The normalized spacial score (nSPS) is 17.8. The standard InChI is InChI=1S/C29H29ClN4S/c1-18(2)21-8-12-24(13-9-21)34-28(27(32-29(34)35)26-7-5-6-16-31-26)25-17-19(3)33(20(25)4)23-14-10-22(30)11-15-23/h5-18,27-28H,1-4H3,(H,32,35)/t27-,28+/m1/s1. The van der Waals surface area contributed by atoms with Crippen molar-refractivity contribution in [3.63, 3.8) is 0 Å². The van der Waals surface area contributed by atoms with Crippen LogP contribution in [0.3, 0.4) is 0 Å².